The van der Waals surface area contributed by atoms with Crippen molar-refractivity contribution in [3.63, 3.8) is 0 Å². The lowest BCUT2D eigenvalue weighted by molar-refractivity contribution is -0.0244. The molecule has 1 aliphatic carbocycles. The Morgan fingerprint density at radius 2 is 1.87 bits per heavy atom. The standard InChI is InChI=1S/C23H27N5O2/c1-16-6-7-20(24-13-16)23(30)8-10-27(11-9-23)22(29)17-12-19-21(25-14-17)28(15-26-19)18-4-2-3-5-18/h6-7,12-15,18,30H,2-5,8-11H2,1H3. The number of nitrogens with zero attached hydrogens (tertiary/aromatic N) is 5. The minimum absolute atomic E-state index is 0.0567. The summed E-state index contributed by atoms with van der Waals surface area (Å²) in [6.07, 6.45) is 11.1. The largest absolute Gasteiger partial charge is 0.383 e. The van der Waals surface area contributed by atoms with Crippen LogP contribution in [0.1, 0.15) is 66.2 Å². The third-order valence-electron chi connectivity index (χ3n) is 6.64. The summed E-state index contributed by atoms with van der Waals surface area (Å²) >= 11 is 0. The lowest BCUT2D eigenvalue weighted by atomic mass is 9.87. The van der Waals surface area contributed by atoms with E-state index >= 15 is 0 Å². The molecular formula is C23H27N5O2. The summed E-state index contributed by atoms with van der Waals surface area (Å²) in [6.45, 7) is 2.95. The number of aliphatic hydroxyl groups is 1. The van der Waals surface area contributed by atoms with Crippen molar-refractivity contribution < 1.29 is 9.90 Å². The molecule has 4 heterocycles. The Kier molecular flexibility index (Phi) is 4.77. The lowest BCUT2D eigenvalue weighted by Crippen LogP contribution is -2.45. The summed E-state index contributed by atoms with van der Waals surface area (Å²) in [6, 6.07) is 6.16. The molecule has 2 fully saturated rings. The van der Waals surface area contributed by atoms with Crippen LogP contribution in [0.3, 0.4) is 0 Å². The molecule has 1 saturated heterocycles. The molecule has 3 aromatic rings. The van der Waals surface area contributed by atoms with Crippen molar-refractivity contribution in [3.8, 4) is 0 Å². The lowest BCUT2D eigenvalue weighted by Gasteiger charge is -2.37. The van der Waals surface area contributed by atoms with E-state index in [4.69, 9.17) is 0 Å². The van der Waals surface area contributed by atoms with E-state index in [2.05, 4.69) is 19.5 Å². The molecule has 1 amide bonds. The van der Waals surface area contributed by atoms with Crippen LogP contribution in [0.15, 0.2) is 36.9 Å². The highest BCUT2D eigenvalue weighted by atomic mass is 16.3. The minimum atomic E-state index is -0.979. The molecule has 0 unspecified atom stereocenters. The van der Waals surface area contributed by atoms with Gasteiger partial charge in [-0.2, -0.15) is 0 Å². The highest BCUT2D eigenvalue weighted by molar-refractivity contribution is 5.96. The van der Waals surface area contributed by atoms with Crippen molar-refractivity contribution in [2.75, 3.05) is 13.1 Å². The van der Waals surface area contributed by atoms with Crippen LogP contribution in [-0.4, -0.2) is 48.5 Å². The van der Waals surface area contributed by atoms with Gasteiger partial charge in [-0.3, -0.25) is 9.78 Å². The fourth-order valence-corrected chi connectivity index (χ4v) is 4.75. The summed E-state index contributed by atoms with van der Waals surface area (Å²) in [5.74, 6) is -0.0567. The molecule has 30 heavy (non-hydrogen) atoms. The molecule has 7 heteroatoms. The maximum atomic E-state index is 13.1. The van der Waals surface area contributed by atoms with Crippen LogP contribution in [0.4, 0.5) is 0 Å². The number of carbonyl (C=O) groups is 1. The molecule has 0 bridgehead atoms. The van der Waals surface area contributed by atoms with Gasteiger partial charge in [0.1, 0.15) is 11.1 Å². The number of likely N-dealkylation sites (tertiary alicyclic amines) is 1. The van der Waals surface area contributed by atoms with Crippen LogP contribution >= 0.6 is 0 Å². The molecule has 1 N–H and O–H groups in total. The second kappa shape index (κ2) is 7.47. The average molecular weight is 406 g/mol. The number of carbonyl (C=O) groups excluding carboxylic acids is 1. The summed E-state index contributed by atoms with van der Waals surface area (Å²) in [4.78, 5) is 28.3. The van der Waals surface area contributed by atoms with Gasteiger partial charge in [0.25, 0.3) is 5.91 Å². The number of aromatic nitrogens is 4. The molecule has 0 spiro atoms. The van der Waals surface area contributed by atoms with Crippen LogP contribution in [-0.2, 0) is 5.60 Å². The minimum Gasteiger partial charge on any atom is -0.383 e. The molecule has 0 radical (unpaired) electrons. The van der Waals surface area contributed by atoms with Gasteiger partial charge in [0, 0.05) is 31.5 Å². The molecule has 5 rings (SSSR count). The van der Waals surface area contributed by atoms with Crippen LogP contribution < -0.4 is 0 Å². The Morgan fingerprint density at radius 1 is 1.10 bits per heavy atom. The van der Waals surface area contributed by atoms with Crippen molar-refractivity contribution >= 4 is 17.1 Å². The normalized spacial score (nSPS) is 19.5. The Morgan fingerprint density at radius 3 is 2.57 bits per heavy atom. The topological polar surface area (TPSA) is 84.1 Å². The van der Waals surface area contributed by atoms with Crippen LogP contribution in [0, 0.1) is 6.92 Å². The average Bonchev–Trinajstić information content (AvgIpc) is 3.43. The molecule has 2 aliphatic rings. The monoisotopic (exact) mass is 405 g/mol. The van der Waals surface area contributed by atoms with Crippen LogP contribution in [0.25, 0.3) is 11.2 Å². The second-order valence-electron chi connectivity index (χ2n) is 8.70. The molecule has 7 nitrogen and oxygen atoms in total. The third-order valence-corrected chi connectivity index (χ3v) is 6.64. The Hall–Kier alpha value is -2.80. The number of hydrogen-bond acceptors (Lipinski definition) is 5. The zero-order chi connectivity index (χ0) is 20.7. The summed E-state index contributed by atoms with van der Waals surface area (Å²) < 4.78 is 2.16. The summed E-state index contributed by atoms with van der Waals surface area (Å²) in [5.41, 5.74) is 2.95. The van der Waals surface area contributed by atoms with Gasteiger partial charge in [0.15, 0.2) is 5.65 Å². The number of fused-ring (bicyclic) bond motifs is 1. The predicted octanol–water partition coefficient (Wildman–Crippen LogP) is 3.37. The number of rotatable bonds is 3. The first-order valence-corrected chi connectivity index (χ1v) is 10.8. The molecule has 3 aromatic heterocycles. The second-order valence-corrected chi connectivity index (χ2v) is 8.70. The molecule has 1 saturated carbocycles. The Bertz CT molecular complexity index is 1060. The van der Waals surface area contributed by atoms with E-state index in [-0.39, 0.29) is 5.91 Å². The first-order valence-electron chi connectivity index (χ1n) is 10.8. The third kappa shape index (κ3) is 3.37. The van der Waals surface area contributed by atoms with E-state index in [0.29, 0.717) is 43.2 Å². The number of aryl methyl sites for hydroxylation is 1. The van der Waals surface area contributed by atoms with Crippen molar-refractivity contribution in [3.05, 3.63) is 53.7 Å². The number of amides is 1. The van der Waals surface area contributed by atoms with Crippen LogP contribution in [0.2, 0.25) is 0 Å². The first kappa shape index (κ1) is 19.2. The highest BCUT2D eigenvalue weighted by Gasteiger charge is 2.37. The smallest absolute Gasteiger partial charge is 0.255 e. The zero-order valence-corrected chi connectivity index (χ0v) is 17.3. The SMILES string of the molecule is Cc1ccc(C2(O)CCN(C(=O)c3cnc4c(c3)ncn4C3CCCC3)CC2)nc1. The fraction of sp³-hybridized carbons (Fsp3) is 0.478. The molecule has 156 valence electrons. The van der Waals surface area contributed by atoms with E-state index in [1.54, 1.807) is 17.3 Å². The fourth-order valence-electron chi connectivity index (χ4n) is 4.75. The van der Waals surface area contributed by atoms with Crippen molar-refractivity contribution in [2.45, 2.75) is 57.1 Å². The number of piperidine rings is 1. The van der Waals surface area contributed by atoms with E-state index in [1.807, 2.05) is 31.5 Å². The maximum absolute atomic E-state index is 13.1. The van der Waals surface area contributed by atoms with Crippen molar-refractivity contribution in [1.29, 1.82) is 0 Å². The van der Waals surface area contributed by atoms with Gasteiger partial charge in [0.2, 0.25) is 0 Å². The number of pyridine rings is 2. The molecule has 0 atom stereocenters. The maximum Gasteiger partial charge on any atom is 0.255 e. The molecular weight excluding hydrogens is 378 g/mol. The van der Waals surface area contributed by atoms with Gasteiger partial charge in [-0.1, -0.05) is 18.9 Å². The predicted molar refractivity (Wildman–Crippen MR) is 113 cm³/mol. The van der Waals surface area contributed by atoms with Gasteiger partial charge in [-0.05, 0) is 50.3 Å². The quantitative estimate of drug-likeness (QED) is 0.722. The summed E-state index contributed by atoms with van der Waals surface area (Å²) in [7, 11) is 0. The van der Waals surface area contributed by atoms with E-state index in [1.165, 1.54) is 25.7 Å². The van der Waals surface area contributed by atoms with Crippen LogP contribution in [0.5, 0.6) is 0 Å². The first-order chi connectivity index (χ1) is 14.5. The van der Waals surface area contributed by atoms with Crippen molar-refractivity contribution in [1.82, 2.24) is 24.4 Å². The zero-order valence-electron chi connectivity index (χ0n) is 17.3. The van der Waals surface area contributed by atoms with E-state index in [0.717, 1.165) is 16.7 Å². The van der Waals surface area contributed by atoms with Crippen molar-refractivity contribution in [2.24, 2.45) is 0 Å². The van der Waals surface area contributed by atoms with Gasteiger partial charge in [-0.25, -0.2) is 9.97 Å². The van der Waals surface area contributed by atoms with Gasteiger partial charge in [-0.15, -0.1) is 0 Å². The Balaban J connectivity index is 1.30. The Labute approximate surface area is 175 Å². The van der Waals surface area contributed by atoms with Gasteiger partial charge in [0.05, 0.1) is 17.6 Å². The van der Waals surface area contributed by atoms with E-state index in [9.17, 15) is 9.90 Å². The number of imidazole rings is 1. The van der Waals surface area contributed by atoms with Gasteiger partial charge >= 0.3 is 0 Å². The number of hydrogen-bond donors (Lipinski definition) is 1. The molecule has 0 aromatic carbocycles. The molecule has 1 aliphatic heterocycles. The highest BCUT2D eigenvalue weighted by Crippen LogP contribution is 2.33. The van der Waals surface area contributed by atoms with E-state index < -0.39 is 5.60 Å². The van der Waals surface area contributed by atoms with Gasteiger partial charge < -0.3 is 14.6 Å². The summed E-state index contributed by atoms with van der Waals surface area (Å²) in [5, 5.41) is 11.0.